The number of rotatable bonds is 2. The van der Waals surface area contributed by atoms with Crippen molar-refractivity contribution in [3.63, 3.8) is 0 Å². The third-order valence-electron chi connectivity index (χ3n) is 1.70. The molecule has 0 amide bonds. The van der Waals surface area contributed by atoms with Crippen LogP contribution in [0.15, 0.2) is 23.1 Å². The van der Waals surface area contributed by atoms with Crippen molar-refractivity contribution < 1.29 is 0 Å². The molecule has 0 aliphatic rings. The molecule has 0 unspecified atom stereocenters. The lowest BCUT2D eigenvalue weighted by molar-refractivity contribution is 1.20. The fourth-order valence-electron chi connectivity index (χ4n) is 1.03. The molecule has 2 rings (SSSR count). The summed E-state index contributed by atoms with van der Waals surface area (Å²) >= 11 is 1.23. The molecule has 0 saturated carbocycles. The molecule has 2 heterocycles. The highest BCUT2D eigenvalue weighted by Gasteiger charge is 2.08. The molecule has 72 valence electrons. The van der Waals surface area contributed by atoms with Crippen molar-refractivity contribution in [2.24, 2.45) is 0 Å². The van der Waals surface area contributed by atoms with Gasteiger partial charge in [-0.05, 0) is 12.1 Å². The van der Waals surface area contributed by atoms with Crippen LogP contribution in [0.2, 0.25) is 0 Å². The van der Waals surface area contributed by atoms with E-state index in [9.17, 15) is 4.79 Å². The maximum absolute atomic E-state index is 11.4. The number of pyridine rings is 1. The smallest absolute Gasteiger partial charge is 0.259 e. The van der Waals surface area contributed by atoms with Crippen molar-refractivity contribution >= 4 is 16.7 Å². The summed E-state index contributed by atoms with van der Waals surface area (Å²) < 4.78 is 4.07. The molecule has 5 nitrogen and oxygen atoms in total. The van der Waals surface area contributed by atoms with E-state index in [1.807, 2.05) is 0 Å². The topological polar surface area (TPSA) is 70.7 Å². The maximum atomic E-state index is 11.4. The van der Waals surface area contributed by atoms with Crippen LogP contribution in [0, 0.1) is 0 Å². The SMILES string of the molecule is CNc1nc(-c2ccc[nH]c2=O)ns1. The Labute approximate surface area is 84.0 Å². The van der Waals surface area contributed by atoms with E-state index in [2.05, 4.69) is 19.7 Å². The molecule has 2 aromatic rings. The molecule has 0 saturated heterocycles. The minimum atomic E-state index is -0.173. The first-order chi connectivity index (χ1) is 6.81. The minimum absolute atomic E-state index is 0.173. The maximum Gasteiger partial charge on any atom is 0.259 e. The summed E-state index contributed by atoms with van der Waals surface area (Å²) in [5.74, 6) is 0.459. The normalized spacial score (nSPS) is 10.1. The average molecular weight is 208 g/mol. The van der Waals surface area contributed by atoms with Gasteiger partial charge in [-0.25, -0.2) is 0 Å². The second-order valence-corrected chi connectivity index (χ2v) is 3.34. The molecule has 14 heavy (non-hydrogen) atoms. The molecule has 0 aliphatic carbocycles. The van der Waals surface area contributed by atoms with Crippen LogP contribution >= 0.6 is 11.5 Å². The zero-order chi connectivity index (χ0) is 9.97. The van der Waals surface area contributed by atoms with Gasteiger partial charge in [0.1, 0.15) is 0 Å². The van der Waals surface area contributed by atoms with E-state index < -0.39 is 0 Å². The molecule has 6 heteroatoms. The van der Waals surface area contributed by atoms with Gasteiger partial charge in [-0.3, -0.25) is 4.79 Å². The number of aromatic amines is 1. The zero-order valence-electron chi connectivity index (χ0n) is 7.44. The molecule has 2 N–H and O–H groups in total. The molecule has 0 aromatic carbocycles. The van der Waals surface area contributed by atoms with Crippen LogP contribution < -0.4 is 10.9 Å². The molecule has 0 radical (unpaired) electrons. The van der Waals surface area contributed by atoms with E-state index in [-0.39, 0.29) is 5.56 Å². The average Bonchev–Trinajstić information content (AvgIpc) is 2.67. The molecule has 0 aliphatic heterocycles. The minimum Gasteiger partial charge on any atom is -0.363 e. The summed E-state index contributed by atoms with van der Waals surface area (Å²) in [6.07, 6.45) is 1.58. The highest BCUT2D eigenvalue weighted by atomic mass is 32.1. The molecular weight excluding hydrogens is 200 g/mol. The lowest BCUT2D eigenvalue weighted by atomic mass is 10.3. The van der Waals surface area contributed by atoms with Crippen LogP contribution in [0.5, 0.6) is 0 Å². The Balaban J connectivity index is 2.50. The van der Waals surface area contributed by atoms with Crippen LogP contribution in [-0.4, -0.2) is 21.4 Å². The summed E-state index contributed by atoms with van der Waals surface area (Å²) in [5.41, 5.74) is 0.318. The Hall–Kier alpha value is -1.69. The van der Waals surface area contributed by atoms with Gasteiger partial charge in [0.15, 0.2) is 5.82 Å². The quantitative estimate of drug-likeness (QED) is 0.770. The number of hydrogen-bond acceptors (Lipinski definition) is 5. The van der Waals surface area contributed by atoms with Crippen molar-refractivity contribution in [1.29, 1.82) is 0 Å². The van der Waals surface area contributed by atoms with Gasteiger partial charge in [0, 0.05) is 24.8 Å². The van der Waals surface area contributed by atoms with E-state index in [0.717, 1.165) is 0 Å². The van der Waals surface area contributed by atoms with E-state index in [1.54, 1.807) is 25.4 Å². The summed E-state index contributed by atoms with van der Waals surface area (Å²) in [5, 5.41) is 3.57. The molecular formula is C8H8N4OS. The molecule has 2 aromatic heterocycles. The van der Waals surface area contributed by atoms with E-state index in [0.29, 0.717) is 16.5 Å². The first-order valence-electron chi connectivity index (χ1n) is 4.01. The predicted octanol–water partition coefficient (Wildman–Crippen LogP) is 0.935. The second kappa shape index (κ2) is 3.59. The van der Waals surface area contributed by atoms with Gasteiger partial charge in [0.2, 0.25) is 5.13 Å². The van der Waals surface area contributed by atoms with E-state index in [4.69, 9.17) is 0 Å². The first kappa shape index (κ1) is 8.89. The van der Waals surface area contributed by atoms with Crippen molar-refractivity contribution in [1.82, 2.24) is 14.3 Å². The highest BCUT2D eigenvalue weighted by molar-refractivity contribution is 7.09. The van der Waals surface area contributed by atoms with Gasteiger partial charge in [-0.2, -0.15) is 9.36 Å². The number of aromatic nitrogens is 3. The van der Waals surface area contributed by atoms with Gasteiger partial charge in [-0.15, -0.1) is 0 Å². The molecule has 0 fully saturated rings. The summed E-state index contributed by atoms with van der Waals surface area (Å²) in [4.78, 5) is 18.1. The fourth-order valence-corrected chi connectivity index (χ4v) is 1.56. The van der Waals surface area contributed by atoms with Crippen molar-refractivity contribution in [3.05, 3.63) is 28.7 Å². The van der Waals surface area contributed by atoms with Gasteiger partial charge >= 0.3 is 0 Å². The Morgan fingerprint density at radius 3 is 3.07 bits per heavy atom. The molecule has 0 atom stereocenters. The number of nitrogens with zero attached hydrogens (tertiary/aromatic N) is 2. The van der Waals surface area contributed by atoms with E-state index >= 15 is 0 Å². The Bertz CT molecular complexity index is 490. The largest absolute Gasteiger partial charge is 0.363 e. The third-order valence-corrected chi connectivity index (χ3v) is 2.43. The highest BCUT2D eigenvalue weighted by Crippen LogP contribution is 2.16. The van der Waals surface area contributed by atoms with Crippen LogP contribution in [0.25, 0.3) is 11.4 Å². The third kappa shape index (κ3) is 1.51. The summed E-state index contributed by atoms with van der Waals surface area (Å²) in [6, 6.07) is 3.44. The van der Waals surface area contributed by atoms with Crippen molar-refractivity contribution in [2.45, 2.75) is 0 Å². The molecule has 0 spiro atoms. The molecule has 0 bridgehead atoms. The number of hydrogen-bond donors (Lipinski definition) is 2. The Kier molecular flexibility index (Phi) is 2.28. The Morgan fingerprint density at radius 1 is 1.57 bits per heavy atom. The summed E-state index contributed by atoms with van der Waals surface area (Å²) in [7, 11) is 1.76. The number of H-pyrrole nitrogens is 1. The number of nitrogens with one attached hydrogen (secondary N) is 2. The standard InChI is InChI=1S/C8H8N4OS/c1-9-8-11-6(12-14-8)5-3-2-4-10-7(5)13/h2-4H,1H3,(H,10,13)(H,9,11,12). The van der Waals surface area contributed by atoms with Crippen LogP contribution in [0.3, 0.4) is 0 Å². The number of anilines is 1. The zero-order valence-corrected chi connectivity index (χ0v) is 8.26. The second-order valence-electron chi connectivity index (χ2n) is 2.59. The fraction of sp³-hybridized carbons (Fsp3) is 0.125. The first-order valence-corrected chi connectivity index (χ1v) is 4.78. The van der Waals surface area contributed by atoms with Crippen LogP contribution in [0.4, 0.5) is 5.13 Å². The monoisotopic (exact) mass is 208 g/mol. The Morgan fingerprint density at radius 2 is 2.43 bits per heavy atom. The van der Waals surface area contributed by atoms with Gasteiger partial charge in [0.25, 0.3) is 5.56 Å². The van der Waals surface area contributed by atoms with E-state index in [1.165, 1.54) is 11.5 Å². The summed E-state index contributed by atoms with van der Waals surface area (Å²) in [6.45, 7) is 0. The van der Waals surface area contributed by atoms with Crippen molar-refractivity contribution in [2.75, 3.05) is 12.4 Å². The lowest BCUT2D eigenvalue weighted by Gasteiger charge is -1.91. The van der Waals surface area contributed by atoms with Gasteiger partial charge in [0.05, 0.1) is 5.56 Å². The van der Waals surface area contributed by atoms with Gasteiger partial charge in [-0.1, -0.05) is 0 Å². The predicted molar refractivity (Wildman–Crippen MR) is 55.5 cm³/mol. The van der Waals surface area contributed by atoms with Crippen molar-refractivity contribution in [3.8, 4) is 11.4 Å². The van der Waals surface area contributed by atoms with Crippen LogP contribution in [0.1, 0.15) is 0 Å². The van der Waals surface area contributed by atoms with Crippen LogP contribution in [-0.2, 0) is 0 Å². The van der Waals surface area contributed by atoms with Gasteiger partial charge < -0.3 is 10.3 Å². The lowest BCUT2D eigenvalue weighted by Crippen LogP contribution is -2.07.